The number of hydrazone groups is 1. The number of aromatic amines is 1. The van der Waals surface area contributed by atoms with Gasteiger partial charge in [-0.05, 0) is 29.8 Å². The second kappa shape index (κ2) is 6.09. The third-order valence-electron chi connectivity index (χ3n) is 3.09. The SMILES string of the molecule is COc1cccc(/C=N/Nc2nc3ccccc3c(=O)[nH]2)c1. The minimum absolute atomic E-state index is 0.204. The number of anilines is 1. The number of ether oxygens (including phenoxy) is 1. The minimum Gasteiger partial charge on any atom is -0.497 e. The van der Waals surface area contributed by atoms with Crippen molar-refractivity contribution >= 4 is 23.1 Å². The molecule has 3 aromatic rings. The summed E-state index contributed by atoms with van der Waals surface area (Å²) in [6.45, 7) is 0. The standard InChI is InChI=1S/C16H14N4O2/c1-22-12-6-4-5-11(9-12)10-17-20-16-18-14-8-3-2-7-13(14)15(21)19-16/h2-10H,1H3,(H2,18,19,20,21)/b17-10+. The van der Waals surface area contributed by atoms with E-state index in [-0.39, 0.29) is 5.56 Å². The highest BCUT2D eigenvalue weighted by Crippen LogP contribution is 2.11. The quantitative estimate of drug-likeness (QED) is 0.572. The largest absolute Gasteiger partial charge is 0.497 e. The molecule has 0 fully saturated rings. The van der Waals surface area contributed by atoms with Crippen LogP contribution >= 0.6 is 0 Å². The number of methoxy groups -OCH3 is 1. The highest BCUT2D eigenvalue weighted by atomic mass is 16.5. The van der Waals surface area contributed by atoms with E-state index in [0.717, 1.165) is 11.3 Å². The molecule has 0 aliphatic heterocycles. The maximum Gasteiger partial charge on any atom is 0.260 e. The molecule has 0 radical (unpaired) electrons. The fourth-order valence-electron chi connectivity index (χ4n) is 2.03. The van der Waals surface area contributed by atoms with Crippen LogP contribution < -0.4 is 15.7 Å². The third kappa shape index (κ3) is 2.95. The fraction of sp³-hybridized carbons (Fsp3) is 0.0625. The first-order valence-corrected chi connectivity index (χ1v) is 6.68. The van der Waals surface area contributed by atoms with Gasteiger partial charge in [0.05, 0.1) is 24.2 Å². The lowest BCUT2D eigenvalue weighted by atomic mass is 10.2. The molecule has 0 spiro atoms. The van der Waals surface area contributed by atoms with Crippen LogP contribution in [-0.4, -0.2) is 23.3 Å². The molecule has 1 heterocycles. The zero-order chi connectivity index (χ0) is 15.4. The van der Waals surface area contributed by atoms with E-state index in [4.69, 9.17) is 4.74 Å². The maximum atomic E-state index is 11.9. The lowest BCUT2D eigenvalue weighted by Crippen LogP contribution is -2.10. The number of nitrogens with one attached hydrogen (secondary N) is 2. The number of rotatable bonds is 4. The van der Waals surface area contributed by atoms with E-state index in [0.29, 0.717) is 16.9 Å². The van der Waals surface area contributed by atoms with Gasteiger partial charge in [-0.25, -0.2) is 10.4 Å². The number of fused-ring (bicyclic) bond motifs is 1. The molecular weight excluding hydrogens is 280 g/mol. The Balaban J connectivity index is 1.81. The Bertz CT molecular complexity index is 886. The summed E-state index contributed by atoms with van der Waals surface area (Å²) in [7, 11) is 1.61. The van der Waals surface area contributed by atoms with Crippen molar-refractivity contribution in [2.45, 2.75) is 0 Å². The van der Waals surface area contributed by atoms with Crippen LogP contribution in [0.3, 0.4) is 0 Å². The third-order valence-corrected chi connectivity index (χ3v) is 3.09. The number of aromatic nitrogens is 2. The second-order valence-corrected chi connectivity index (χ2v) is 4.58. The van der Waals surface area contributed by atoms with Gasteiger partial charge in [-0.1, -0.05) is 24.3 Å². The van der Waals surface area contributed by atoms with Crippen molar-refractivity contribution in [1.29, 1.82) is 0 Å². The molecular formula is C16H14N4O2. The molecule has 0 saturated carbocycles. The summed E-state index contributed by atoms with van der Waals surface area (Å²) in [6, 6.07) is 14.6. The molecule has 3 rings (SSSR count). The van der Waals surface area contributed by atoms with E-state index < -0.39 is 0 Å². The van der Waals surface area contributed by atoms with E-state index in [1.54, 1.807) is 31.5 Å². The van der Waals surface area contributed by atoms with E-state index in [2.05, 4.69) is 20.5 Å². The Morgan fingerprint density at radius 2 is 2.09 bits per heavy atom. The number of nitrogens with zero attached hydrogens (tertiary/aromatic N) is 2. The lowest BCUT2D eigenvalue weighted by Gasteiger charge is -2.02. The van der Waals surface area contributed by atoms with E-state index in [1.165, 1.54) is 0 Å². The van der Waals surface area contributed by atoms with Crippen LogP contribution in [-0.2, 0) is 0 Å². The first-order chi connectivity index (χ1) is 10.8. The summed E-state index contributed by atoms with van der Waals surface area (Å²) in [6.07, 6.45) is 1.62. The topological polar surface area (TPSA) is 79.4 Å². The molecule has 2 aromatic carbocycles. The average Bonchev–Trinajstić information content (AvgIpc) is 2.55. The molecule has 0 amide bonds. The zero-order valence-corrected chi connectivity index (χ0v) is 11.9. The van der Waals surface area contributed by atoms with E-state index >= 15 is 0 Å². The smallest absolute Gasteiger partial charge is 0.260 e. The molecule has 0 atom stereocenters. The van der Waals surface area contributed by atoms with Crippen LogP contribution in [0.5, 0.6) is 5.75 Å². The fourth-order valence-corrected chi connectivity index (χ4v) is 2.03. The van der Waals surface area contributed by atoms with Gasteiger partial charge in [0.1, 0.15) is 5.75 Å². The van der Waals surface area contributed by atoms with Gasteiger partial charge in [-0.3, -0.25) is 9.78 Å². The number of H-pyrrole nitrogens is 1. The van der Waals surface area contributed by atoms with Crippen molar-refractivity contribution < 1.29 is 4.74 Å². The molecule has 6 heteroatoms. The molecule has 0 unspecified atom stereocenters. The highest BCUT2D eigenvalue weighted by Gasteiger charge is 2.01. The second-order valence-electron chi connectivity index (χ2n) is 4.58. The van der Waals surface area contributed by atoms with E-state index in [9.17, 15) is 4.79 Å². The summed E-state index contributed by atoms with van der Waals surface area (Å²) in [5.74, 6) is 1.05. The van der Waals surface area contributed by atoms with Gasteiger partial charge >= 0.3 is 0 Å². The number of benzene rings is 2. The van der Waals surface area contributed by atoms with Crippen LogP contribution in [0.1, 0.15) is 5.56 Å². The van der Waals surface area contributed by atoms with Crippen LogP contribution in [0.25, 0.3) is 10.9 Å². The normalized spacial score (nSPS) is 11.0. The molecule has 0 saturated heterocycles. The molecule has 2 N–H and O–H groups in total. The molecule has 0 aliphatic carbocycles. The molecule has 0 aliphatic rings. The highest BCUT2D eigenvalue weighted by molar-refractivity contribution is 5.81. The minimum atomic E-state index is -0.204. The number of hydrogen-bond donors (Lipinski definition) is 2. The van der Waals surface area contributed by atoms with Gasteiger partial charge in [0.2, 0.25) is 5.95 Å². The van der Waals surface area contributed by atoms with Crippen LogP contribution in [0, 0.1) is 0 Å². The van der Waals surface area contributed by atoms with Crippen molar-refractivity contribution in [3.05, 3.63) is 64.4 Å². The number of hydrogen-bond acceptors (Lipinski definition) is 5. The molecule has 110 valence electrons. The van der Waals surface area contributed by atoms with Crippen LogP contribution in [0.15, 0.2) is 58.4 Å². The van der Waals surface area contributed by atoms with Gasteiger partial charge < -0.3 is 4.74 Å². The summed E-state index contributed by atoms with van der Waals surface area (Å²) in [5.41, 5.74) is 4.01. The summed E-state index contributed by atoms with van der Waals surface area (Å²) >= 11 is 0. The Morgan fingerprint density at radius 3 is 2.95 bits per heavy atom. The summed E-state index contributed by atoms with van der Waals surface area (Å²) in [5, 5.41) is 4.62. The monoisotopic (exact) mass is 294 g/mol. The van der Waals surface area contributed by atoms with Crippen molar-refractivity contribution in [1.82, 2.24) is 9.97 Å². The van der Waals surface area contributed by atoms with Gasteiger partial charge in [0.25, 0.3) is 5.56 Å². The molecule has 0 bridgehead atoms. The van der Waals surface area contributed by atoms with Gasteiger partial charge in [-0.2, -0.15) is 5.10 Å². The van der Waals surface area contributed by atoms with Crippen molar-refractivity contribution in [2.75, 3.05) is 12.5 Å². The first-order valence-electron chi connectivity index (χ1n) is 6.68. The predicted molar refractivity (Wildman–Crippen MR) is 86.6 cm³/mol. The lowest BCUT2D eigenvalue weighted by molar-refractivity contribution is 0.415. The first kappa shape index (κ1) is 13.8. The summed E-state index contributed by atoms with van der Waals surface area (Å²) in [4.78, 5) is 18.9. The molecule has 6 nitrogen and oxygen atoms in total. The molecule has 1 aromatic heterocycles. The van der Waals surface area contributed by atoms with Crippen LogP contribution in [0.2, 0.25) is 0 Å². The van der Waals surface area contributed by atoms with Crippen molar-refractivity contribution in [3.8, 4) is 5.75 Å². The Kier molecular flexibility index (Phi) is 3.82. The van der Waals surface area contributed by atoms with E-state index in [1.807, 2.05) is 30.3 Å². The Morgan fingerprint density at radius 1 is 1.23 bits per heavy atom. The average molecular weight is 294 g/mol. The predicted octanol–water partition coefficient (Wildman–Crippen LogP) is 2.38. The van der Waals surface area contributed by atoms with Gasteiger partial charge in [-0.15, -0.1) is 0 Å². The van der Waals surface area contributed by atoms with Crippen molar-refractivity contribution in [3.63, 3.8) is 0 Å². The van der Waals surface area contributed by atoms with Gasteiger partial charge in [0, 0.05) is 0 Å². The Hall–Kier alpha value is -3.15. The summed E-state index contributed by atoms with van der Waals surface area (Å²) < 4.78 is 5.14. The van der Waals surface area contributed by atoms with Gasteiger partial charge in [0.15, 0.2) is 0 Å². The molecule has 22 heavy (non-hydrogen) atoms. The maximum absolute atomic E-state index is 11.9. The van der Waals surface area contributed by atoms with Crippen molar-refractivity contribution in [2.24, 2.45) is 5.10 Å². The number of para-hydroxylation sites is 1. The zero-order valence-electron chi connectivity index (χ0n) is 11.9. The Labute approximate surface area is 126 Å². The van der Waals surface area contributed by atoms with Crippen LogP contribution in [0.4, 0.5) is 5.95 Å².